The lowest BCUT2D eigenvalue weighted by Crippen LogP contribution is -2.15. The molecule has 1 N–H and O–H groups in total. The highest BCUT2D eigenvalue weighted by Crippen LogP contribution is 2.26. The number of thioether (sulfide) groups is 1. The summed E-state index contributed by atoms with van der Waals surface area (Å²) in [4.78, 5) is 12.6. The second kappa shape index (κ2) is 10.7. The lowest BCUT2D eigenvalue weighted by atomic mass is 10.2. The topological polar surface area (TPSA) is 78.3 Å². The first-order chi connectivity index (χ1) is 16.2. The van der Waals surface area contributed by atoms with Gasteiger partial charge in [0, 0.05) is 5.69 Å². The summed E-state index contributed by atoms with van der Waals surface area (Å²) in [5.74, 6) is 2.06. The number of aryl methyl sites for hydroxylation is 1. The Labute approximate surface area is 196 Å². The average molecular weight is 461 g/mol. The van der Waals surface area contributed by atoms with Crippen LogP contribution in [0.2, 0.25) is 0 Å². The Balaban J connectivity index is 1.50. The number of anilines is 1. The van der Waals surface area contributed by atoms with Crippen LogP contribution in [0.15, 0.2) is 84.0 Å². The maximum absolute atomic E-state index is 12.6. The van der Waals surface area contributed by atoms with Crippen LogP contribution in [0.4, 0.5) is 5.69 Å². The average Bonchev–Trinajstić information content (AvgIpc) is 3.26. The van der Waals surface area contributed by atoms with Gasteiger partial charge >= 0.3 is 0 Å². The van der Waals surface area contributed by atoms with E-state index in [1.807, 2.05) is 78.2 Å². The number of carbonyl (C=O) groups excluding carboxylic acids is 1. The van der Waals surface area contributed by atoms with Crippen LogP contribution in [0.5, 0.6) is 11.5 Å². The van der Waals surface area contributed by atoms with E-state index in [-0.39, 0.29) is 18.3 Å². The number of nitrogens with one attached hydrogen (secondary N) is 1. The Morgan fingerprint density at radius 1 is 0.939 bits per heavy atom. The molecule has 4 rings (SSSR count). The van der Waals surface area contributed by atoms with Crippen LogP contribution in [0.1, 0.15) is 11.4 Å². The summed E-state index contributed by atoms with van der Waals surface area (Å²) in [7, 11) is 1.57. The molecule has 4 aromatic rings. The molecule has 0 aliphatic carbocycles. The molecule has 0 bridgehead atoms. The van der Waals surface area contributed by atoms with Crippen LogP contribution in [0.3, 0.4) is 0 Å². The molecule has 1 aromatic heterocycles. The van der Waals surface area contributed by atoms with Crippen molar-refractivity contribution in [1.82, 2.24) is 14.8 Å². The number of aromatic nitrogens is 3. The lowest BCUT2D eigenvalue weighted by Gasteiger charge is -2.12. The summed E-state index contributed by atoms with van der Waals surface area (Å²) < 4.78 is 13.2. The first-order valence-corrected chi connectivity index (χ1v) is 11.4. The minimum Gasteiger partial charge on any atom is -0.495 e. The quantitative estimate of drug-likeness (QED) is 0.358. The Morgan fingerprint density at radius 3 is 2.39 bits per heavy atom. The second-order valence-corrected chi connectivity index (χ2v) is 8.10. The van der Waals surface area contributed by atoms with Gasteiger partial charge in [-0.1, -0.05) is 60.3 Å². The minimum atomic E-state index is -0.162. The van der Waals surface area contributed by atoms with Crippen LogP contribution in [0.25, 0.3) is 5.69 Å². The molecule has 33 heavy (non-hydrogen) atoms. The molecular formula is C25H24N4O3S. The van der Waals surface area contributed by atoms with Gasteiger partial charge in [0.05, 0.1) is 18.6 Å². The van der Waals surface area contributed by atoms with E-state index in [0.29, 0.717) is 22.4 Å². The van der Waals surface area contributed by atoms with Crippen molar-refractivity contribution >= 4 is 23.4 Å². The summed E-state index contributed by atoms with van der Waals surface area (Å²) in [5.41, 5.74) is 2.58. The van der Waals surface area contributed by atoms with Crippen LogP contribution in [-0.2, 0) is 11.4 Å². The molecule has 3 aromatic carbocycles. The molecule has 0 saturated heterocycles. The molecule has 0 radical (unpaired) electrons. The predicted octanol–water partition coefficient (Wildman–Crippen LogP) is 4.89. The Morgan fingerprint density at radius 2 is 1.64 bits per heavy atom. The molecule has 0 aliphatic heterocycles. The zero-order chi connectivity index (χ0) is 23.0. The SMILES string of the molecule is COc1ccccc1NC(=O)CSc1nnc(COc2ccccc2C)n1-c1ccccc1. The molecule has 0 spiro atoms. The van der Waals surface area contributed by atoms with E-state index in [1.165, 1.54) is 11.8 Å². The molecule has 0 atom stereocenters. The summed E-state index contributed by atoms with van der Waals surface area (Å²) in [6, 6.07) is 24.9. The fourth-order valence-electron chi connectivity index (χ4n) is 3.25. The van der Waals surface area contributed by atoms with Gasteiger partial charge in [-0.25, -0.2) is 0 Å². The number of hydrogen-bond acceptors (Lipinski definition) is 6. The molecule has 0 saturated carbocycles. The summed E-state index contributed by atoms with van der Waals surface area (Å²) in [6.07, 6.45) is 0. The van der Waals surface area contributed by atoms with Gasteiger partial charge in [-0.3, -0.25) is 9.36 Å². The molecule has 8 heteroatoms. The number of ether oxygens (including phenoxy) is 2. The third kappa shape index (κ3) is 5.53. The molecule has 1 heterocycles. The minimum absolute atomic E-state index is 0.162. The van der Waals surface area contributed by atoms with Crippen LogP contribution in [-0.4, -0.2) is 33.5 Å². The third-order valence-corrected chi connectivity index (χ3v) is 5.81. The first-order valence-electron chi connectivity index (χ1n) is 10.4. The van der Waals surface area contributed by atoms with E-state index in [2.05, 4.69) is 15.5 Å². The lowest BCUT2D eigenvalue weighted by molar-refractivity contribution is -0.113. The number of rotatable bonds is 9. The van der Waals surface area contributed by atoms with E-state index in [9.17, 15) is 4.79 Å². The standard InChI is InChI=1S/C25H24N4O3S/c1-18-10-6-8-14-21(18)32-16-23-27-28-25(29(23)19-11-4-3-5-12-19)33-17-24(30)26-20-13-7-9-15-22(20)31-2/h3-15H,16-17H2,1-2H3,(H,26,30). The van der Waals surface area contributed by atoms with Crippen LogP contribution in [0, 0.1) is 6.92 Å². The predicted molar refractivity (Wildman–Crippen MR) is 129 cm³/mol. The Bertz CT molecular complexity index is 1230. The maximum Gasteiger partial charge on any atom is 0.234 e. The third-order valence-electron chi connectivity index (χ3n) is 4.88. The van der Waals surface area contributed by atoms with Crippen molar-refractivity contribution < 1.29 is 14.3 Å². The van der Waals surface area contributed by atoms with Gasteiger partial charge in [-0.05, 0) is 42.8 Å². The number of amides is 1. The number of hydrogen-bond donors (Lipinski definition) is 1. The van der Waals surface area contributed by atoms with Crippen molar-refractivity contribution in [3.63, 3.8) is 0 Å². The van der Waals surface area contributed by atoms with Gasteiger partial charge in [-0.2, -0.15) is 0 Å². The van der Waals surface area contributed by atoms with E-state index < -0.39 is 0 Å². The fraction of sp³-hybridized carbons (Fsp3) is 0.160. The number of benzene rings is 3. The van der Waals surface area contributed by atoms with Crippen LogP contribution < -0.4 is 14.8 Å². The molecule has 7 nitrogen and oxygen atoms in total. The molecule has 0 unspecified atom stereocenters. The van der Waals surface area contributed by atoms with Gasteiger partial charge < -0.3 is 14.8 Å². The van der Waals surface area contributed by atoms with Crippen molar-refractivity contribution in [2.45, 2.75) is 18.7 Å². The normalized spacial score (nSPS) is 10.6. The highest BCUT2D eigenvalue weighted by Gasteiger charge is 2.17. The highest BCUT2D eigenvalue weighted by atomic mass is 32.2. The zero-order valence-corrected chi connectivity index (χ0v) is 19.2. The highest BCUT2D eigenvalue weighted by molar-refractivity contribution is 7.99. The number of methoxy groups -OCH3 is 1. The molecular weight excluding hydrogens is 436 g/mol. The monoisotopic (exact) mass is 460 g/mol. The molecule has 0 fully saturated rings. The Hall–Kier alpha value is -3.78. The van der Waals surface area contributed by atoms with Gasteiger partial charge in [-0.15, -0.1) is 10.2 Å². The van der Waals surface area contributed by atoms with E-state index in [4.69, 9.17) is 9.47 Å². The van der Waals surface area contributed by atoms with Crippen molar-refractivity contribution in [3.8, 4) is 17.2 Å². The second-order valence-electron chi connectivity index (χ2n) is 7.16. The summed E-state index contributed by atoms with van der Waals surface area (Å²) >= 11 is 1.31. The molecule has 168 valence electrons. The number of para-hydroxylation sites is 4. The summed E-state index contributed by atoms with van der Waals surface area (Å²) in [6.45, 7) is 2.25. The fourth-order valence-corrected chi connectivity index (χ4v) is 4.02. The van der Waals surface area contributed by atoms with E-state index in [0.717, 1.165) is 17.0 Å². The van der Waals surface area contributed by atoms with Crippen molar-refractivity contribution in [3.05, 3.63) is 90.3 Å². The molecule has 0 aliphatic rings. The maximum atomic E-state index is 12.6. The van der Waals surface area contributed by atoms with Gasteiger partial charge in [0.15, 0.2) is 11.0 Å². The van der Waals surface area contributed by atoms with Crippen molar-refractivity contribution in [2.24, 2.45) is 0 Å². The van der Waals surface area contributed by atoms with Gasteiger partial charge in [0.25, 0.3) is 0 Å². The summed E-state index contributed by atoms with van der Waals surface area (Å²) in [5, 5.41) is 12.2. The number of carbonyl (C=O) groups is 1. The van der Waals surface area contributed by atoms with Crippen LogP contribution >= 0.6 is 11.8 Å². The smallest absolute Gasteiger partial charge is 0.234 e. The van der Waals surface area contributed by atoms with Gasteiger partial charge in [0.2, 0.25) is 5.91 Å². The first kappa shape index (κ1) is 22.4. The number of nitrogens with zero attached hydrogens (tertiary/aromatic N) is 3. The van der Waals surface area contributed by atoms with E-state index in [1.54, 1.807) is 19.2 Å². The molecule has 1 amide bonds. The Kier molecular flexibility index (Phi) is 7.26. The van der Waals surface area contributed by atoms with Crippen molar-refractivity contribution in [1.29, 1.82) is 0 Å². The zero-order valence-electron chi connectivity index (χ0n) is 18.4. The van der Waals surface area contributed by atoms with Crippen molar-refractivity contribution in [2.75, 3.05) is 18.2 Å². The largest absolute Gasteiger partial charge is 0.495 e. The van der Waals surface area contributed by atoms with Gasteiger partial charge in [0.1, 0.15) is 18.1 Å². The van der Waals surface area contributed by atoms with E-state index >= 15 is 0 Å².